The van der Waals surface area contributed by atoms with Gasteiger partial charge in [0.2, 0.25) is 17.7 Å². The van der Waals surface area contributed by atoms with Crippen molar-refractivity contribution in [1.29, 1.82) is 0 Å². The van der Waals surface area contributed by atoms with Crippen LogP contribution in [0.5, 0.6) is 0 Å². The van der Waals surface area contributed by atoms with Gasteiger partial charge in [-0.2, -0.15) is 0 Å². The number of nitrogens with two attached hydrogens (primary N) is 1. The molecule has 0 aliphatic rings. The van der Waals surface area contributed by atoms with Gasteiger partial charge in [0, 0.05) is 6.42 Å². The van der Waals surface area contributed by atoms with Crippen LogP contribution >= 0.6 is 0 Å². The SMILES string of the molecule is CCC(C)C(N)C(=O)NC(C)C(=O)NC(Cc1ccccc1)C(=O)NC(C(=O)O)C(C)C. The van der Waals surface area contributed by atoms with Crippen LogP contribution in [0.2, 0.25) is 0 Å². The molecule has 0 heterocycles. The van der Waals surface area contributed by atoms with Crippen LogP contribution in [0.3, 0.4) is 0 Å². The van der Waals surface area contributed by atoms with E-state index < -0.39 is 47.9 Å². The van der Waals surface area contributed by atoms with Crippen LogP contribution in [0.15, 0.2) is 30.3 Å². The molecule has 0 saturated carbocycles. The molecule has 0 spiro atoms. The van der Waals surface area contributed by atoms with Crippen molar-refractivity contribution in [2.75, 3.05) is 0 Å². The molecule has 0 radical (unpaired) electrons. The summed E-state index contributed by atoms with van der Waals surface area (Å²) in [5.41, 5.74) is 6.71. The van der Waals surface area contributed by atoms with Crippen molar-refractivity contribution in [2.24, 2.45) is 17.6 Å². The molecule has 5 atom stereocenters. The van der Waals surface area contributed by atoms with Gasteiger partial charge in [0.25, 0.3) is 0 Å². The lowest BCUT2D eigenvalue weighted by atomic mass is 9.99. The van der Waals surface area contributed by atoms with Crippen molar-refractivity contribution in [3.05, 3.63) is 35.9 Å². The summed E-state index contributed by atoms with van der Waals surface area (Å²) < 4.78 is 0. The fraction of sp³-hybridized carbons (Fsp3) is 0.565. The first kappa shape index (κ1) is 27.1. The fourth-order valence-corrected chi connectivity index (χ4v) is 3.01. The molecule has 1 aromatic rings. The zero-order chi connectivity index (χ0) is 24.4. The maximum Gasteiger partial charge on any atom is 0.326 e. The molecular weight excluding hydrogens is 412 g/mol. The predicted octanol–water partition coefficient (Wildman–Crippen LogP) is 0.817. The zero-order valence-electron chi connectivity index (χ0n) is 19.4. The highest BCUT2D eigenvalue weighted by molar-refractivity contribution is 5.94. The Bertz CT molecular complexity index is 784. The third kappa shape index (κ3) is 8.30. The number of carbonyl (C=O) groups excluding carboxylic acids is 3. The van der Waals surface area contributed by atoms with Crippen LogP contribution in [-0.4, -0.2) is 53.0 Å². The summed E-state index contributed by atoms with van der Waals surface area (Å²) in [5, 5.41) is 17.1. The smallest absolute Gasteiger partial charge is 0.326 e. The van der Waals surface area contributed by atoms with Gasteiger partial charge in [0.1, 0.15) is 18.1 Å². The van der Waals surface area contributed by atoms with Crippen molar-refractivity contribution in [3.63, 3.8) is 0 Å². The number of hydrogen-bond acceptors (Lipinski definition) is 5. The molecule has 3 amide bonds. The third-order valence-corrected chi connectivity index (χ3v) is 5.46. The normalized spacial score (nSPS) is 15.7. The molecule has 5 unspecified atom stereocenters. The number of carboxylic acid groups (broad SMARTS) is 1. The van der Waals surface area contributed by atoms with Gasteiger partial charge in [0.15, 0.2) is 0 Å². The van der Waals surface area contributed by atoms with Crippen LogP contribution in [0.1, 0.15) is 46.6 Å². The Morgan fingerprint density at radius 3 is 2.00 bits per heavy atom. The summed E-state index contributed by atoms with van der Waals surface area (Å²) in [5.74, 6) is -3.18. The second kappa shape index (κ2) is 12.8. The molecule has 178 valence electrons. The van der Waals surface area contributed by atoms with E-state index >= 15 is 0 Å². The minimum absolute atomic E-state index is 0.0501. The van der Waals surface area contributed by atoms with E-state index in [1.54, 1.807) is 38.1 Å². The molecule has 9 heteroatoms. The Labute approximate surface area is 189 Å². The molecule has 0 aromatic heterocycles. The maximum absolute atomic E-state index is 12.9. The van der Waals surface area contributed by atoms with Crippen LogP contribution in [0.4, 0.5) is 0 Å². The molecule has 0 aliphatic carbocycles. The first-order valence-electron chi connectivity index (χ1n) is 10.9. The molecule has 0 aliphatic heterocycles. The van der Waals surface area contributed by atoms with Gasteiger partial charge in [-0.1, -0.05) is 64.4 Å². The second-order valence-corrected chi connectivity index (χ2v) is 8.46. The highest BCUT2D eigenvalue weighted by Crippen LogP contribution is 2.08. The first-order chi connectivity index (χ1) is 15.0. The Morgan fingerprint density at radius 1 is 0.906 bits per heavy atom. The zero-order valence-corrected chi connectivity index (χ0v) is 19.4. The largest absolute Gasteiger partial charge is 0.480 e. The monoisotopic (exact) mass is 448 g/mol. The van der Waals surface area contributed by atoms with Crippen LogP contribution < -0.4 is 21.7 Å². The molecule has 32 heavy (non-hydrogen) atoms. The maximum atomic E-state index is 12.9. The van der Waals surface area contributed by atoms with Gasteiger partial charge in [-0.3, -0.25) is 14.4 Å². The molecule has 0 fully saturated rings. The summed E-state index contributed by atoms with van der Waals surface area (Å²) in [6.07, 6.45) is 0.880. The standard InChI is InChI=1S/C23H36N4O5/c1-6-14(4)18(24)22(30)25-15(5)20(28)26-17(12-16-10-8-7-9-11-16)21(29)27-19(13(2)3)23(31)32/h7-11,13-15,17-19H,6,12,24H2,1-5H3,(H,25,30)(H,26,28)(H,27,29)(H,31,32). The predicted molar refractivity (Wildman–Crippen MR) is 122 cm³/mol. The van der Waals surface area contributed by atoms with Gasteiger partial charge in [0.05, 0.1) is 6.04 Å². The average molecular weight is 449 g/mol. The Kier molecular flexibility index (Phi) is 10.8. The molecule has 1 aromatic carbocycles. The van der Waals surface area contributed by atoms with E-state index in [4.69, 9.17) is 5.73 Å². The molecule has 0 bridgehead atoms. The van der Waals surface area contributed by atoms with Gasteiger partial charge in [-0.15, -0.1) is 0 Å². The average Bonchev–Trinajstić information content (AvgIpc) is 2.75. The second-order valence-electron chi connectivity index (χ2n) is 8.46. The molecule has 0 saturated heterocycles. The summed E-state index contributed by atoms with van der Waals surface area (Å²) in [7, 11) is 0. The van der Waals surface area contributed by atoms with Crippen molar-refractivity contribution < 1.29 is 24.3 Å². The van der Waals surface area contributed by atoms with Crippen molar-refractivity contribution in [3.8, 4) is 0 Å². The van der Waals surface area contributed by atoms with E-state index in [1.807, 2.05) is 19.9 Å². The number of nitrogens with one attached hydrogen (secondary N) is 3. The lowest BCUT2D eigenvalue weighted by Crippen LogP contribution is -2.57. The highest BCUT2D eigenvalue weighted by atomic mass is 16.4. The van der Waals surface area contributed by atoms with Crippen LogP contribution in [0.25, 0.3) is 0 Å². The topological polar surface area (TPSA) is 151 Å². The summed E-state index contributed by atoms with van der Waals surface area (Å²) in [4.78, 5) is 49.4. The quantitative estimate of drug-likeness (QED) is 0.319. The number of aliphatic carboxylic acids is 1. The van der Waals surface area contributed by atoms with Gasteiger partial charge in [-0.05, 0) is 24.3 Å². The first-order valence-corrected chi connectivity index (χ1v) is 10.9. The molecule has 9 nitrogen and oxygen atoms in total. The van der Waals surface area contributed by atoms with E-state index in [9.17, 15) is 24.3 Å². The van der Waals surface area contributed by atoms with Crippen molar-refractivity contribution in [2.45, 2.75) is 71.6 Å². The van der Waals surface area contributed by atoms with E-state index in [0.29, 0.717) is 0 Å². The molecule has 6 N–H and O–H groups in total. The fourth-order valence-electron chi connectivity index (χ4n) is 3.01. The van der Waals surface area contributed by atoms with Crippen LogP contribution in [0, 0.1) is 11.8 Å². The van der Waals surface area contributed by atoms with Gasteiger partial charge in [-0.25, -0.2) is 4.79 Å². The lowest BCUT2D eigenvalue weighted by molar-refractivity contribution is -0.143. The lowest BCUT2D eigenvalue weighted by Gasteiger charge is -2.25. The van der Waals surface area contributed by atoms with Gasteiger partial charge < -0.3 is 26.8 Å². The number of carboxylic acids is 1. The van der Waals surface area contributed by atoms with Crippen molar-refractivity contribution >= 4 is 23.7 Å². The van der Waals surface area contributed by atoms with Crippen molar-refractivity contribution in [1.82, 2.24) is 16.0 Å². The highest BCUT2D eigenvalue weighted by Gasteiger charge is 2.30. The van der Waals surface area contributed by atoms with E-state index in [0.717, 1.165) is 12.0 Å². The number of benzene rings is 1. The van der Waals surface area contributed by atoms with E-state index in [1.165, 1.54) is 6.92 Å². The summed E-state index contributed by atoms with van der Waals surface area (Å²) >= 11 is 0. The Morgan fingerprint density at radius 2 is 1.50 bits per heavy atom. The Balaban J connectivity index is 2.94. The summed E-state index contributed by atoms with van der Waals surface area (Å²) in [6.45, 7) is 8.64. The number of amides is 3. The van der Waals surface area contributed by atoms with E-state index in [-0.39, 0.29) is 18.3 Å². The number of carbonyl (C=O) groups is 4. The van der Waals surface area contributed by atoms with Gasteiger partial charge >= 0.3 is 5.97 Å². The minimum atomic E-state index is -1.15. The third-order valence-electron chi connectivity index (χ3n) is 5.46. The molecular formula is C23H36N4O5. The number of rotatable bonds is 12. The van der Waals surface area contributed by atoms with E-state index in [2.05, 4.69) is 16.0 Å². The number of hydrogen-bond donors (Lipinski definition) is 5. The molecule has 1 rings (SSSR count). The Hall–Kier alpha value is -2.94. The van der Waals surface area contributed by atoms with Crippen LogP contribution in [-0.2, 0) is 25.6 Å². The minimum Gasteiger partial charge on any atom is -0.480 e. The summed E-state index contributed by atoms with van der Waals surface area (Å²) in [6, 6.07) is 5.26.